The Morgan fingerprint density at radius 2 is 1.94 bits per heavy atom. The van der Waals surface area contributed by atoms with Crippen molar-refractivity contribution in [3.8, 4) is 22.9 Å². The molecule has 0 fully saturated rings. The van der Waals surface area contributed by atoms with E-state index in [1.807, 2.05) is 24.3 Å². The number of nitrogens with zero attached hydrogens (tertiary/aromatic N) is 1. The Kier molecular flexibility index (Phi) is 5.11. The molecule has 1 amide bonds. The van der Waals surface area contributed by atoms with Crippen molar-refractivity contribution in [3.05, 3.63) is 58.5 Å². The fourth-order valence-corrected chi connectivity index (χ4v) is 5.42. The van der Waals surface area contributed by atoms with Crippen LogP contribution in [0, 0.1) is 0 Å². The number of nitrogens with one attached hydrogen (secondary N) is 2. The van der Waals surface area contributed by atoms with E-state index in [0.717, 1.165) is 46.7 Å². The summed E-state index contributed by atoms with van der Waals surface area (Å²) in [6, 6.07) is 13.2. The Morgan fingerprint density at radius 1 is 1.10 bits per heavy atom. The maximum atomic E-state index is 13.3. The number of para-hydroxylation sites is 2. The molecule has 1 aliphatic rings. The van der Waals surface area contributed by atoms with Gasteiger partial charge in [-0.05, 0) is 61.6 Å². The monoisotopic (exact) mass is 433 g/mol. The molecule has 4 aromatic rings. The average Bonchev–Trinajstić information content (AvgIpc) is 3.38. The molecule has 6 nitrogen and oxygen atoms in total. The van der Waals surface area contributed by atoms with Crippen molar-refractivity contribution in [3.63, 3.8) is 0 Å². The second-order valence-corrected chi connectivity index (χ2v) is 8.64. The molecule has 5 rings (SSSR count). The van der Waals surface area contributed by atoms with Crippen LogP contribution in [-0.4, -0.2) is 30.1 Å². The second-order valence-electron chi connectivity index (χ2n) is 7.54. The number of carbonyl (C=O) groups is 1. The highest BCUT2D eigenvalue weighted by molar-refractivity contribution is 7.17. The summed E-state index contributed by atoms with van der Waals surface area (Å²) in [5.74, 6) is 1.68. The van der Waals surface area contributed by atoms with Crippen LogP contribution < -0.4 is 14.8 Å². The minimum absolute atomic E-state index is 0.230. The average molecular weight is 434 g/mol. The molecule has 1 aliphatic carbocycles. The van der Waals surface area contributed by atoms with Gasteiger partial charge in [-0.15, -0.1) is 11.3 Å². The lowest BCUT2D eigenvalue weighted by atomic mass is 9.95. The number of imidazole rings is 1. The number of rotatable bonds is 5. The number of aryl methyl sites for hydroxylation is 1. The van der Waals surface area contributed by atoms with Crippen LogP contribution >= 0.6 is 11.3 Å². The molecule has 0 spiro atoms. The first kappa shape index (κ1) is 19.6. The molecule has 0 bridgehead atoms. The molecule has 7 heteroatoms. The summed E-state index contributed by atoms with van der Waals surface area (Å²) in [7, 11) is 3.14. The molecule has 2 aromatic heterocycles. The minimum Gasteiger partial charge on any atom is -0.497 e. The quantitative estimate of drug-likeness (QED) is 0.439. The van der Waals surface area contributed by atoms with Gasteiger partial charge in [0.05, 0.1) is 36.4 Å². The lowest BCUT2D eigenvalue weighted by Crippen LogP contribution is -2.13. The van der Waals surface area contributed by atoms with Crippen LogP contribution in [-0.2, 0) is 12.8 Å². The molecule has 0 saturated heterocycles. The van der Waals surface area contributed by atoms with Crippen molar-refractivity contribution in [2.45, 2.75) is 25.7 Å². The maximum absolute atomic E-state index is 13.3. The molecule has 0 saturated carbocycles. The maximum Gasteiger partial charge on any atom is 0.260 e. The number of anilines is 1. The number of H-pyrrole nitrogens is 1. The number of fused-ring (bicyclic) bond motifs is 2. The molecule has 0 unspecified atom stereocenters. The van der Waals surface area contributed by atoms with Crippen LogP contribution in [0.5, 0.6) is 11.5 Å². The molecule has 158 valence electrons. The molecular weight excluding hydrogens is 410 g/mol. The fraction of sp³-hybridized carbons (Fsp3) is 0.250. The smallest absolute Gasteiger partial charge is 0.260 e. The third kappa shape index (κ3) is 3.55. The summed E-state index contributed by atoms with van der Waals surface area (Å²) >= 11 is 1.65. The molecule has 31 heavy (non-hydrogen) atoms. The molecular formula is C24H23N3O3S. The summed E-state index contributed by atoms with van der Waals surface area (Å²) < 4.78 is 10.7. The van der Waals surface area contributed by atoms with Crippen molar-refractivity contribution in [2.24, 2.45) is 0 Å². The predicted octanol–water partition coefficient (Wildman–Crippen LogP) is 5.44. The number of hydrogen-bond acceptors (Lipinski definition) is 5. The zero-order valence-electron chi connectivity index (χ0n) is 17.5. The van der Waals surface area contributed by atoms with Crippen molar-refractivity contribution in [2.75, 3.05) is 19.5 Å². The Hall–Kier alpha value is -3.32. The highest BCUT2D eigenvalue weighted by Crippen LogP contribution is 2.44. The highest BCUT2D eigenvalue weighted by Gasteiger charge is 2.26. The Bertz CT molecular complexity index is 1240. The van der Waals surface area contributed by atoms with E-state index in [1.54, 1.807) is 43.8 Å². The van der Waals surface area contributed by atoms with Crippen LogP contribution in [0.3, 0.4) is 0 Å². The zero-order chi connectivity index (χ0) is 21.4. The largest absolute Gasteiger partial charge is 0.497 e. The van der Waals surface area contributed by atoms with Gasteiger partial charge in [0.25, 0.3) is 5.91 Å². The van der Waals surface area contributed by atoms with Gasteiger partial charge in [0.2, 0.25) is 0 Å². The molecule has 0 aliphatic heterocycles. The topological polar surface area (TPSA) is 76.2 Å². The normalized spacial score (nSPS) is 13.1. The van der Waals surface area contributed by atoms with Crippen molar-refractivity contribution < 1.29 is 14.3 Å². The first-order chi connectivity index (χ1) is 15.2. The molecule has 2 heterocycles. The van der Waals surface area contributed by atoms with E-state index in [0.29, 0.717) is 17.1 Å². The van der Waals surface area contributed by atoms with Gasteiger partial charge in [0.1, 0.15) is 22.3 Å². The van der Waals surface area contributed by atoms with E-state index in [4.69, 9.17) is 14.5 Å². The van der Waals surface area contributed by atoms with Gasteiger partial charge in [-0.1, -0.05) is 12.1 Å². The lowest BCUT2D eigenvalue weighted by Gasteiger charge is -2.12. The van der Waals surface area contributed by atoms with Gasteiger partial charge < -0.3 is 19.8 Å². The van der Waals surface area contributed by atoms with Crippen LogP contribution in [0.2, 0.25) is 0 Å². The van der Waals surface area contributed by atoms with Gasteiger partial charge in [-0.3, -0.25) is 4.79 Å². The van der Waals surface area contributed by atoms with Crippen molar-refractivity contribution in [1.29, 1.82) is 0 Å². The number of carbonyl (C=O) groups excluding carboxylic acids is 1. The number of aromatic amines is 1. The molecule has 0 atom stereocenters. The van der Waals surface area contributed by atoms with Gasteiger partial charge >= 0.3 is 0 Å². The number of aromatic nitrogens is 2. The number of amides is 1. The predicted molar refractivity (Wildman–Crippen MR) is 124 cm³/mol. The summed E-state index contributed by atoms with van der Waals surface area (Å²) in [6.45, 7) is 0. The SMILES string of the molecule is COc1ccc(OC)c(C(=O)Nc2sc3c(c2-c2nc4ccccc4[nH]2)CCCC3)c1. The van der Waals surface area contributed by atoms with Gasteiger partial charge in [0.15, 0.2) is 0 Å². The number of methoxy groups -OCH3 is 2. The highest BCUT2D eigenvalue weighted by atomic mass is 32.1. The zero-order valence-corrected chi connectivity index (χ0v) is 18.3. The second kappa shape index (κ2) is 8.07. The number of benzene rings is 2. The van der Waals surface area contributed by atoms with Crippen LogP contribution in [0.25, 0.3) is 22.4 Å². The van der Waals surface area contributed by atoms with E-state index in [2.05, 4.69) is 10.3 Å². The van der Waals surface area contributed by atoms with Gasteiger partial charge in [0, 0.05) is 4.88 Å². The molecule has 0 radical (unpaired) electrons. The molecule has 2 aromatic carbocycles. The Morgan fingerprint density at radius 3 is 2.74 bits per heavy atom. The number of thiophene rings is 1. The van der Waals surface area contributed by atoms with E-state index >= 15 is 0 Å². The fourth-order valence-electron chi connectivity index (χ4n) is 4.14. The standard InChI is InChI=1S/C24H23N3O3S/c1-29-14-11-12-19(30-2)16(13-14)23(28)27-24-21(15-7-3-6-10-20(15)31-24)22-25-17-8-4-5-9-18(17)26-22/h4-5,8-9,11-13H,3,6-7,10H2,1-2H3,(H,25,26)(H,27,28). The van der Waals surface area contributed by atoms with Gasteiger partial charge in [-0.25, -0.2) is 4.98 Å². The number of ether oxygens (including phenoxy) is 2. The van der Waals surface area contributed by atoms with Crippen molar-refractivity contribution >= 4 is 33.3 Å². The summed E-state index contributed by atoms with van der Waals surface area (Å²) in [5.41, 5.74) is 4.64. The van der Waals surface area contributed by atoms with Gasteiger partial charge in [-0.2, -0.15) is 0 Å². The lowest BCUT2D eigenvalue weighted by molar-refractivity contribution is 0.102. The summed E-state index contributed by atoms with van der Waals surface area (Å²) in [4.78, 5) is 22.9. The summed E-state index contributed by atoms with van der Waals surface area (Å²) in [6.07, 6.45) is 4.35. The van der Waals surface area contributed by atoms with Crippen molar-refractivity contribution in [1.82, 2.24) is 9.97 Å². The Labute approximate surface area is 184 Å². The Balaban J connectivity index is 1.58. The van der Waals surface area contributed by atoms with Crippen LogP contribution in [0.1, 0.15) is 33.6 Å². The first-order valence-electron chi connectivity index (χ1n) is 10.3. The first-order valence-corrected chi connectivity index (χ1v) is 11.1. The minimum atomic E-state index is -0.230. The number of hydrogen-bond donors (Lipinski definition) is 2. The van der Waals surface area contributed by atoms with Crippen LogP contribution in [0.4, 0.5) is 5.00 Å². The molecule has 2 N–H and O–H groups in total. The van der Waals surface area contributed by atoms with E-state index in [1.165, 1.54) is 16.9 Å². The van der Waals surface area contributed by atoms with E-state index in [-0.39, 0.29) is 5.91 Å². The third-order valence-electron chi connectivity index (χ3n) is 5.68. The van der Waals surface area contributed by atoms with E-state index < -0.39 is 0 Å². The van der Waals surface area contributed by atoms with E-state index in [9.17, 15) is 4.79 Å². The van der Waals surface area contributed by atoms with Crippen LogP contribution in [0.15, 0.2) is 42.5 Å². The third-order valence-corrected chi connectivity index (χ3v) is 6.88. The summed E-state index contributed by atoms with van der Waals surface area (Å²) in [5, 5.41) is 3.96.